The molecule has 1 aromatic heterocycles. The van der Waals surface area contributed by atoms with Crippen molar-refractivity contribution in [1.29, 1.82) is 0 Å². The number of nitrogens with one attached hydrogen (secondary N) is 2. The predicted molar refractivity (Wildman–Crippen MR) is 107 cm³/mol. The van der Waals surface area contributed by atoms with Crippen molar-refractivity contribution in [3.8, 4) is 22.9 Å². The molecule has 0 fully saturated rings. The van der Waals surface area contributed by atoms with Crippen molar-refractivity contribution in [2.75, 3.05) is 11.9 Å². The molecular formula is C22H17N3O3. The van der Waals surface area contributed by atoms with Crippen LogP contribution in [0.3, 0.4) is 0 Å². The van der Waals surface area contributed by atoms with E-state index in [4.69, 9.17) is 9.47 Å². The molecule has 2 heterocycles. The molecule has 3 aromatic carbocycles. The Morgan fingerprint density at radius 1 is 0.964 bits per heavy atom. The highest BCUT2D eigenvalue weighted by Crippen LogP contribution is 2.31. The maximum atomic E-state index is 12.5. The molecule has 0 unspecified atom stereocenters. The molecule has 1 aliphatic heterocycles. The van der Waals surface area contributed by atoms with E-state index < -0.39 is 6.10 Å². The molecule has 1 atom stereocenters. The van der Waals surface area contributed by atoms with Crippen LogP contribution in [0.5, 0.6) is 11.5 Å². The normalized spacial score (nSPS) is 15.4. The van der Waals surface area contributed by atoms with E-state index in [9.17, 15) is 4.79 Å². The van der Waals surface area contributed by atoms with Gasteiger partial charge >= 0.3 is 0 Å². The number of para-hydroxylation sites is 4. The van der Waals surface area contributed by atoms with Gasteiger partial charge in [-0.25, -0.2) is 4.98 Å². The molecule has 4 aromatic rings. The summed E-state index contributed by atoms with van der Waals surface area (Å²) in [4.78, 5) is 20.4. The Kier molecular flexibility index (Phi) is 3.94. The van der Waals surface area contributed by atoms with Crippen LogP contribution in [0.4, 0.5) is 5.69 Å². The number of hydrogen-bond donors (Lipinski definition) is 2. The molecule has 6 heteroatoms. The smallest absolute Gasteiger partial charge is 0.269 e. The van der Waals surface area contributed by atoms with Crippen LogP contribution < -0.4 is 14.8 Å². The molecule has 0 saturated heterocycles. The van der Waals surface area contributed by atoms with Crippen molar-refractivity contribution in [1.82, 2.24) is 9.97 Å². The number of ether oxygens (including phenoxy) is 2. The van der Waals surface area contributed by atoms with Gasteiger partial charge in [0.2, 0.25) is 6.10 Å². The molecule has 2 N–H and O–H groups in total. The van der Waals surface area contributed by atoms with Crippen molar-refractivity contribution in [3.05, 3.63) is 72.8 Å². The third kappa shape index (κ3) is 3.05. The highest BCUT2D eigenvalue weighted by atomic mass is 16.6. The van der Waals surface area contributed by atoms with E-state index >= 15 is 0 Å². The molecule has 28 heavy (non-hydrogen) atoms. The molecule has 0 radical (unpaired) electrons. The molecular weight excluding hydrogens is 354 g/mol. The molecule has 0 saturated carbocycles. The van der Waals surface area contributed by atoms with Crippen LogP contribution in [0.15, 0.2) is 72.8 Å². The van der Waals surface area contributed by atoms with Gasteiger partial charge in [-0.15, -0.1) is 0 Å². The van der Waals surface area contributed by atoms with Gasteiger partial charge in [0.25, 0.3) is 5.91 Å². The molecule has 5 rings (SSSR count). The number of nitrogens with zero attached hydrogens (tertiary/aromatic N) is 1. The lowest BCUT2D eigenvalue weighted by atomic mass is 10.2. The lowest BCUT2D eigenvalue weighted by Crippen LogP contribution is -2.40. The third-order valence-electron chi connectivity index (χ3n) is 4.62. The summed E-state index contributed by atoms with van der Waals surface area (Å²) in [5.74, 6) is 1.78. The minimum atomic E-state index is -0.690. The van der Waals surface area contributed by atoms with Gasteiger partial charge < -0.3 is 19.8 Å². The number of carbonyl (C=O) groups is 1. The van der Waals surface area contributed by atoms with Crippen LogP contribution >= 0.6 is 0 Å². The highest BCUT2D eigenvalue weighted by Gasteiger charge is 2.27. The van der Waals surface area contributed by atoms with Gasteiger partial charge in [-0.1, -0.05) is 24.3 Å². The van der Waals surface area contributed by atoms with Crippen molar-refractivity contribution in [2.45, 2.75) is 6.10 Å². The Hall–Kier alpha value is -3.80. The number of aromatic nitrogens is 2. The zero-order valence-corrected chi connectivity index (χ0v) is 14.9. The fourth-order valence-corrected chi connectivity index (χ4v) is 3.17. The predicted octanol–water partition coefficient (Wildman–Crippen LogP) is 4.01. The van der Waals surface area contributed by atoms with Crippen LogP contribution in [0.1, 0.15) is 0 Å². The zero-order valence-electron chi connectivity index (χ0n) is 14.9. The van der Waals surface area contributed by atoms with Crippen molar-refractivity contribution in [2.24, 2.45) is 0 Å². The van der Waals surface area contributed by atoms with E-state index in [0.717, 1.165) is 22.4 Å². The largest absolute Gasteiger partial charge is 0.485 e. The number of carbonyl (C=O) groups excluding carboxylic acids is 1. The summed E-state index contributed by atoms with van der Waals surface area (Å²) in [6, 6.07) is 22.7. The van der Waals surface area contributed by atoms with Crippen LogP contribution in [-0.4, -0.2) is 28.6 Å². The minimum absolute atomic E-state index is 0.180. The fraction of sp³-hybridized carbons (Fsp3) is 0.0909. The Balaban J connectivity index is 1.29. The lowest BCUT2D eigenvalue weighted by Gasteiger charge is -2.25. The van der Waals surface area contributed by atoms with Crippen LogP contribution in [-0.2, 0) is 4.79 Å². The number of anilines is 1. The Labute approximate surface area is 161 Å². The maximum absolute atomic E-state index is 12.5. The minimum Gasteiger partial charge on any atom is -0.485 e. The lowest BCUT2D eigenvalue weighted by molar-refractivity contribution is -0.125. The number of imidazole rings is 1. The van der Waals surface area contributed by atoms with Gasteiger partial charge in [0.05, 0.1) is 11.0 Å². The summed E-state index contributed by atoms with van der Waals surface area (Å²) in [5, 5.41) is 2.87. The summed E-state index contributed by atoms with van der Waals surface area (Å²) in [7, 11) is 0. The molecule has 0 spiro atoms. The summed E-state index contributed by atoms with van der Waals surface area (Å²) < 4.78 is 11.3. The van der Waals surface area contributed by atoms with Gasteiger partial charge in [-0.3, -0.25) is 4.79 Å². The second-order valence-corrected chi connectivity index (χ2v) is 6.53. The summed E-state index contributed by atoms with van der Waals surface area (Å²) in [5.41, 5.74) is 3.54. The zero-order chi connectivity index (χ0) is 18.9. The number of fused-ring (bicyclic) bond motifs is 2. The van der Waals surface area contributed by atoms with Gasteiger partial charge in [0.1, 0.15) is 12.4 Å². The number of amides is 1. The first-order valence-corrected chi connectivity index (χ1v) is 9.01. The quantitative estimate of drug-likeness (QED) is 0.571. The summed E-state index contributed by atoms with van der Waals surface area (Å²) in [6.45, 7) is 0.180. The highest BCUT2D eigenvalue weighted by molar-refractivity contribution is 5.95. The van der Waals surface area contributed by atoms with Crippen molar-refractivity contribution < 1.29 is 14.3 Å². The number of aromatic amines is 1. The average Bonchev–Trinajstić information content (AvgIpc) is 3.18. The summed E-state index contributed by atoms with van der Waals surface area (Å²) in [6.07, 6.45) is -0.690. The SMILES string of the molecule is O=C(Nc1ccc(-c2nc3ccccc3[nH]2)cc1)[C@H]1COc2ccccc2O1. The van der Waals surface area contributed by atoms with E-state index in [1.165, 1.54) is 0 Å². The number of benzene rings is 3. The number of H-pyrrole nitrogens is 1. The van der Waals surface area contributed by atoms with E-state index in [2.05, 4.69) is 15.3 Å². The van der Waals surface area contributed by atoms with E-state index in [1.807, 2.05) is 66.7 Å². The standard InChI is InChI=1S/C22H17N3O3/c26-22(20-13-27-18-7-3-4-8-19(18)28-20)23-15-11-9-14(10-12-15)21-24-16-5-1-2-6-17(16)25-21/h1-12,20H,13H2,(H,23,26)(H,24,25)/t20-/m1/s1. The van der Waals surface area contributed by atoms with E-state index in [1.54, 1.807) is 6.07 Å². The van der Waals surface area contributed by atoms with Gasteiger partial charge in [-0.2, -0.15) is 0 Å². The van der Waals surface area contributed by atoms with Crippen LogP contribution in [0.25, 0.3) is 22.4 Å². The molecule has 138 valence electrons. The number of rotatable bonds is 3. The topological polar surface area (TPSA) is 76.2 Å². The second kappa shape index (κ2) is 6.74. The van der Waals surface area contributed by atoms with Crippen molar-refractivity contribution >= 4 is 22.6 Å². The van der Waals surface area contributed by atoms with E-state index in [0.29, 0.717) is 17.2 Å². The van der Waals surface area contributed by atoms with Gasteiger partial charge in [-0.05, 0) is 48.5 Å². The monoisotopic (exact) mass is 371 g/mol. The fourth-order valence-electron chi connectivity index (χ4n) is 3.17. The molecule has 0 aliphatic carbocycles. The molecule has 1 aliphatic rings. The molecule has 1 amide bonds. The Morgan fingerprint density at radius 2 is 1.71 bits per heavy atom. The molecule has 6 nitrogen and oxygen atoms in total. The van der Waals surface area contributed by atoms with Gasteiger partial charge in [0, 0.05) is 11.3 Å². The van der Waals surface area contributed by atoms with E-state index in [-0.39, 0.29) is 12.5 Å². The van der Waals surface area contributed by atoms with Crippen LogP contribution in [0, 0.1) is 0 Å². The Bertz CT molecular complexity index is 1120. The molecule has 0 bridgehead atoms. The van der Waals surface area contributed by atoms with Gasteiger partial charge in [0.15, 0.2) is 11.5 Å². The summed E-state index contributed by atoms with van der Waals surface area (Å²) >= 11 is 0. The second-order valence-electron chi connectivity index (χ2n) is 6.53. The number of hydrogen-bond acceptors (Lipinski definition) is 4. The first-order valence-electron chi connectivity index (χ1n) is 9.01. The maximum Gasteiger partial charge on any atom is 0.269 e. The Morgan fingerprint density at radius 3 is 2.54 bits per heavy atom. The van der Waals surface area contributed by atoms with Crippen LogP contribution in [0.2, 0.25) is 0 Å². The first-order chi connectivity index (χ1) is 13.8. The van der Waals surface area contributed by atoms with Crippen molar-refractivity contribution in [3.63, 3.8) is 0 Å². The average molecular weight is 371 g/mol. The first kappa shape index (κ1) is 16.4. The third-order valence-corrected chi connectivity index (χ3v) is 4.62.